The summed E-state index contributed by atoms with van der Waals surface area (Å²) >= 11 is 0. The minimum atomic E-state index is -0.547. The molecule has 0 aromatic carbocycles. The molecule has 162 valence electrons. The van der Waals surface area contributed by atoms with Gasteiger partial charge in [0.1, 0.15) is 0 Å². The fraction of sp³-hybridized carbons (Fsp3) is 0.889. The predicted octanol–water partition coefficient (Wildman–Crippen LogP) is -0.557. The topological polar surface area (TPSA) is 117 Å². The van der Waals surface area contributed by atoms with Crippen molar-refractivity contribution in [3.63, 3.8) is 0 Å². The van der Waals surface area contributed by atoms with Crippen molar-refractivity contribution in [2.45, 2.75) is 50.9 Å². The molecule has 6 N–H and O–H groups in total. The van der Waals surface area contributed by atoms with Crippen LogP contribution in [0.2, 0.25) is 0 Å². The molecular weight excluding hydrogens is 396 g/mol. The van der Waals surface area contributed by atoms with Crippen LogP contribution < -0.4 is 22.1 Å². The Balaban J connectivity index is 1.74. The van der Waals surface area contributed by atoms with Gasteiger partial charge < -0.3 is 31.9 Å². The Bertz CT molecular complexity index is 512. The lowest BCUT2D eigenvalue weighted by molar-refractivity contribution is -0.139. The van der Waals surface area contributed by atoms with Crippen LogP contribution in [0.15, 0.2) is 0 Å². The van der Waals surface area contributed by atoms with E-state index < -0.39 is 12.1 Å². The van der Waals surface area contributed by atoms with Crippen molar-refractivity contribution in [3.05, 3.63) is 0 Å². The molecule has 28 heavy (non-hydrogen) atoms. The second-order valence-corrected chi connectivity index (χ2v) is 11.3. The Morgan fingerprint density at radius 2 is 1.21 bits per heavy atom. The summed E-state index contributed by atoms with van der Waals surface area (Å²) in [7, 11) is 3.02. The molecule has 0 aliphatic carbocycles. The van der Waals surface area contributed by atoms with Gasteiger partial charge in [-0.25, -0.2) is 0 Å². The number of rotatable bonds is 7. The number of hydrogen-bond acceptors (Lipinski definition) is 8. The minimum Gasteiger partial charge on any atom is -0.334 e. The van der Waals surface area contributed by atoms with Crippen LogP contribution in [0, 0.1) is 0 Å². The summed E-state index contributed by atoms with van der Waals surface area (Å²) in [6.45, 7) is 12.7. The number of nitrogens with one attached hydrogen (secondary N) is 2. The molecule has 8 nitrogen and oxygen atoms in total. The molecule has 0 aromatic rings. The summed E-state index contributed by atoms with van der Waals surface area (Å²) in [4.78, 5) is 29.1. The zero-order valence-electron chi connectivity index (χ0n) is 17.5. The van der Waals surface area contributed by atoms with Crippen LogP contribution in [0.25, 0.3) is 0 Å². The van der Waals surface area contributed by atoms with E-state index in [9.17, 15) is 9.59 Å². The standard InChI is InChI=1S/C18H36N6O2S2/c1-17(2)11-21-5-7-23(17)15(25)13(19)9-27-28-10-14(20)16(26)24-8-6-22-12-18(24,3)4/h13-14,21-22H,5-12,19-20H2,1-4H3/t13-,14-/m0/s1. The molecule has 0 unspecified atom stereocenters. The molecule has 2 atom stereocenters. The van der Waals surface area contributed by atoms with Crippen LogP contribution in [-0.2, 0) is 9.59 Å². The molecular formula is C18H36N6O2S2. The SMILES string of the molecule is CC1(C)CNCCN1C(=O)[C@@H](N)CSSC[C@H](N)C(=O)N1CCNCC1(C)C. The van der Waals surface area contributed by atoms with Gasteiger partial charge in [-0.15, -0.1) is 0 Å². The Kier molecular flexibility index (Phi) is 8.48. The summed E-state index contributed by atoms with van der Waals surface area (Å²) in [6.07, 6.45) is 0. The van der Waals surface area contributed by atoms with Gasteiger partial charge in [0, 0.05) is 61.9 Å². The largest absolute Gasteiger partial charge is 0.334 e. The molecule has 10 heteroatoms. The molecule has 0 spiro atoms. The van der Waals surface area contributed by atoms with Gasteiger partial charge in [-0.3, -0.25) is 9.59 Å². The normalized spacial score (nSPS) is 23.9. The first-order chi connectivity index (χ1) is 13.1. The molecule has 2 rings (SSSR count). The van der Waals surface area contributed by atoms with Crippen molar-refractivity contribution in [2.75, 3.05) is 50.8 Å². The Morgan fingerprint density at radius 3 is 1.54 bits per heavy atom. The van der Waals surface area contributed by atoms with Gasteiger partial charge in [0.05, 0.1) is 12.1 Å². The van der Waals surface area contributed by atoms with Crippen molar-refractivity contribution in [2.24, 2.45) is 11.5 Å². The summed E-state index contributed by atoms with van der Waals surface area (Å²) in [5.74, 6) is 0.984. The highest BCUT2D eigenvalue weighted by atomic mass is 33.1. The van der Waals surface area contributed by atoms with E-state index >= 15 is 0 Å². The molecule has 2 amide bonds. The van der Waals surface area contributed by atoms with Crippen molar-refractivity contribution in [1.29, 1.82) is 0 Å². The van der Waals surface area contributed by atoms with Crippen molar-refractivity contribution >= 4 is 33.4 Å². The third-order valence-corrected chi connectivity index (χ3v) is 7.82. The van der Waals surface area contributed by atoms with Gasteiger partial charge in [-0.2, -0.15) is 0 Å². The van der Waals surface area contributed by atoms with Gasteiger partial charge >= 0.3 is 0 Å². The highest BCUT2D eigenvalue weighted by molar-refractivity contribution is 8.76. The van der Waals surface area contributed by atoms with E-state index in [-0.39, 0.29) is 22.9 Å². The average Bonchev–Trinajstić information content (AvgIpc) is 2.63. The van der Waals surface area contributed by atoms with Gasteiger partial charge in [0.2, 0.25) is 11.8 Å². The van der Waals surface area contributed by atoms with Gasteiger partial charge in [-0.05, 0) is 27.7 Å². The smallest absolute Gasteiger partial charge is 0.240 e. The van der Waals surface area contributed by atoms with E-state index in [4.69, 9.17) is 11.5 Å². The van der Waals surface area contributed by atoms with E-state index in [1.54, 1.807) is 0 Å². The van der Waals surface area contributed by atoms with Crippen LogP contribution in [-0.4, -0.2) is 95.5 Å². The first-order valence-electron chi connectivity index (χ1n) is 9.86. The quantitative estimate of drug-likeness (QED) is 0.313. The van der Waals surface area contributed by atoms with E-state index in [2.05, 4.69) is 10.6 Å². The van der Waals surface area contributed by atoms with Crippen molar-refractivity contribution < 1.29 is 9.59 Å². The first kappa shape index (κ1) is 23.8. The average molecular weight is 433 g/mol. The number of piperazine rings is 2. The van der Waals surface area contributed by atoms with E-state index in [0.717, 1.165) is 26.2 Å². The highest BCUT2D eigenvalue weighted by Gasteiger charge is 2.36. The fourth-order valence-corrected chi connectivity index (χ4v) is 5.80. The van der Waals surface area contributed by atoms with Crippen molar-refractivity contribution in [3.8, 4) is 0 Å². The maximum Gasteiger partial charge on any atom is 0.240 e. The summed E-state index contributed by atoms with van der Waals surface area (Å²) in [6, 6.07) is -1.09. The molecule has 0 saturated carbocycles. The third-order valence-electron chi connectivity index (χ3n) is 5.35. The molecule has 0 bridgehead atoms. The molecule has 2 aliphatic rings. The molecule has 0 radical (unpaired) electrons. The van der Waals surface area contributed by atoms with Crippen LogP contribution >= 0.6 is 21.6 Å². The van der Waals surface area contributed by atoms with Crippen LogP contribution in [0.4, 0.5) is 0 Å². The van der Waals surface area contributed by atoms with Crippen molar-refractivity contribution in [1.82, 2.24) is 20.4 Å². The zero-order valence-corrected chi connectivity index (χ0v) is 19.1. The lowest BCUT2D eigenvalue weighted by atomic mass is 9.99. The van der Waals surface area contributed by atoms with Crippen LogP contribution in [0.1, 0.15) is 27.7 Å². The maximum atomic E-state index is 12.7. The second kappa shape index (κ2) is 9.99. The monoisotopic (exact) mass is 432 g/mol. The lowest BCUT2D eigenvalue weighted by Crippen LogP contribution is -2.63. The number of amides is 2. The molecule has 0 aromatic heterocycles. The number of hydrogen-bond donors (Lipinski definition) is 4. The highest BCUT2D eigenvalue weighted by Crippen LogP contribution is 2.25. The number of nitrogens with zero attached hydrogens (tertiary/aromatic N) is 2. The van der Waals surface area contributed by atoms with Gasteiger partial charge in [-0.1, -0.05) is 21.6 Å². The second-order valence-electron chi connectivity index (χ2n) is 8.74. The summed E-state index contributed by atoms with van der Waals surface area (Å²) in [5.41, 5.74) is 11.8. The number of carbonyl (C=O) groups is 2. The lowest BCUT2D eigenvalue weighted by Gasteiger charge is -2.44. The maximum absolute atomic E-state index is 12.7. The minimum absolute atomic E-state index is 0.0115. The number of nitrogens with two attached hydrogens (primary N) is 2. The predicted molar refractivity (Wildman–Crippen MR) is 118 cm³/mol. The Morgan fingerprint density at radius 1 is 0.857 bits per heavy atom. The van der Waals surface area contributed by atoms with Crippen LogP contribution in [0.3, 0.4) is 0 Å². The molecule has 2 saturated heterocycles. The van der Waals surface area contributed by atoms with E-state index in [1.165, 1.54) is 21.6 Å². The van der Waals surface area contributed by atoms with Gasteiger partial charge in [0.25, 0.3) is 0 Å². The number of carbonyl (C=O) groups excluding carboxylic acids is 2. The fourth-order valence-electron chi connectivity index (χ4n) is 3.57. The summed E-state index contributed by atoms with van der Waals surface area (Å²) < 4.78 is 0. The van der Waals surface area contributed by atoms with E-state index in [0.29, 0.717) is 24.6 Å². The molecule has 2 fully saturated rings. The zero-order chi connectivity index (χ0) is 20.9. The third kappa shape index (κ3) is 5.99. The molecule has 2 heterocycles. The summed E-state index contributed by atoms with van der Waals surface area (Å²) in [5, 5.41) is 6.62. The Labute approximate surface area is 176 Å². The first-order valence-corrected chi connectivity index (χ1v) is 12.3. The van der Waals surface area contributed by atoms with Gasteiger partial charge in [0.15, 0.2) is 0 Å². The van der Waals surface area contributed by atoms with E-state index in [1.807, 2.05) is 37.5 Å². The Hall–Kier alpha value is -0.520. The molecule has 2 aliphatic heterocycles. The van der Waals surface area contributed by atoms with Crippen LogP contribution in [0.5, 0.6) is 0 Å².